The highest BCUT2D eigenvalue weighted by Gasteiger charge is 2.33. The van der Waals surface area contributed by atoms with Crippen molar-refractivity contribution in [2.45, 2.75) is 63.9 Å². The highest BCUT2D eigenvalue weighted by atomic mass is 28.3. The molecule has 0 bridgehead atoms. The van der Waals surface area contributed by atoms with Crippen LogP contribution in [-0.2, 0) is 14.3 Å². The molecule has 0 spiro atoms. The maximum Gasteiger partial charge on any atom is 0.333 e. The van der Waals surface area contributed by atoms with E-state index in [-0.39, 0.29) is 37.1 Å². The number of rotatable bonds is 9. The number of nitrogens with zero attached hydrogens (tertiary/aromatic N) is 2. The second kappa shape index (κ2) is 10.5. The van der Waals surface area contributed by atoms with E-state index in [0.29, 0.717) is 37.4 Å². The van der Waals surface area contributed by atoms with E-state index >= 15 is 0 Å². The van der Waals surface area contributed by atoms with Crippen LogP contribution in [0.1, 0.15) is 32.1 Å². The Morgan fingerprint density at radius 3 is 2.34 bits per heavy atom. The molecule has 176 valence electrons. The first kappa shape index (κ1) is 24.3. The number of urea groups is 1. The quantitative estimate of drug-likeness (QED) is 0.437. The maximum atomic E-state index is 12.9. The minimum absolute atomic E-state index is 0.00879. The Morgan fingerprint density at radius 2 is 1.75 bits per heavy atom. The molecule has 2 aliphatic rings. The van der Waals surface area contributed by atoms with Crippen LogP contribution < -0.4 is 9.64 Å². The summed E-state index contributed by atoms with van der Waals surface area (Å²) in [6.07, 6.45) is 2.97. The van der Waals surface area contributed by atoms with Crippen LogP contribution >= 0.6 is 0 Å². The summed E-state index contributed by atoms with van der Waals surface area (Å²) in [5.74, 6) is -0.517. The smallest absolute Gasteiger partial charge is 0.333 e. The van der Waals surface area contributed by atoms with Gasteiger partial charge < -0.3 is 14.6 Å². The Hall–Kier alpha value is -2.39. The zero-order valence-corrected chi connectivity index (χ0v) is 20.2. The van der Waals surface area contributed by atoms with Crippen molar-refractivity contribution in [1.29, 1.82) is 0 Å². The second-order valence-electron chi connectivity index (χ2n) is 9.78. The molecule has 1 saturated heterocycles. The van der Waals surface area contributed by atoms with E-state index in [1.54, 1.807) is 4.90 Å². The Balaban J connectivity index is 1.54. The monoisotopic (exact) mass is 462 g/mol. The van der Waals surface area contributed by atoms with Gasteiger partial charge in [0.15, 0.2) is 0 Å². The lowest BCUT2D eigenvalue weighted by Gasteiger charge is -2.34. The summed E-state index contributed by atoms with van der Waals surface area (Å²) in [7, 11) is -1.24. The number of carbonyl (C=O) groups excluding carboxylic acids is 2. The topological polar surface area (TPSA) is 96.4 Å². The number of aliphatic carboxylic acids is 1. The number of amides is 3. The van der Waals surface area contributed by atoms with Crippen molar-refractivity contribution in [3.63, 3.8) is 0 Å². The number of ether oxygens (including phenoxy) is 2. The van der Waals surface area contributed by atoms with Crippen molar-refractivity contribution in [3.8, 4) is 5.75 Å². The van der Waals surface area contributed by atoms with Crippen molar-refractivity contribution < 1.29 is 29.0 Å². The summed E-state index contributed by atoms with van der Waals surface area (Å²) >= 11 is 0. The molecule has 9 heteroatoms. The second-order valence-corrected chi connectivity index (χ2v) is 15.4. The van der Waals surface area contributed by atoms with Crippen LogP contribution in [0.25, 0.3) is 0 Å². The fraction of sp³-hybridized carbons (Fsp3) is 0.609. The summed E-state index contributed by atoms with van der Waals surface area (Å²) in [6.45, 7) is 7.63. The average molecular weight is 463 g/mol. The first-order valence-electron chi connectivity index (χ1n) is 11.3. The fourth-order valence-corrected chi connectivity index (χ4v) is 4.67. The summed E-state index contributed by atoms with van der Waals surface area (Å²) < 4.78 is 11.6. The lowest BCUT2D eigenvalue weighted by atomic mass is 9.87. The molecule has 3 rings (SSSR count). The summed E-state index contributed by atoms with van der Waals surface area (Å²) in [5.41, 5.74) is 0.705. The van der Waals surface area contributed by atoms with Gasteiger partial charge in [0, 0.05) is 33.3 Å². The highest BCUT2D eigenvalue weighted by molar-refractivity contribution is 6.76. The lowest BCUT2D eigenvalue weighted by molar-refractivity contribution is -0.143. The Morgan fingerprint density at radius 1 is 1.09 bits per heavy atom. The van der Waals surface area contributed by atoms with Crippen LogP contribution in [-0.4, -0.2) is 62.0 Å². The number of anilines is 1. The number of carboxylic acids is 1. The molecule has 1 aliphatic carbocycles. The first-order chi connectivity index (χ1) is 15.1. The molecular formula is C23H34N2O6Si. The number of imide groups is 1. The molecule has 32 heavy (non-hydrogen) atoms. The summed E-state index contributed by atoms with van der Waals surface area (Å²) in [4.78, 5) is 39.0. The molecule has 1 aromatic rings. The SMILES string of the molecule is C[Si](C)(C)CCOCN1C(=O)CCN(c2ccc(OC3CCC(C(=O)O)CC3)cc2)C1=O. The molecule has 1 N–H and O–H groups in total. The van der Waals surface area contributed by atoms with Crippen LogP contribution in [0, 0.1) is 5.92 Å². The minimum Gasteiger partial charge on any atom is -0.490 e. The predicted octanol–water partition coefficient (Wildman–Crippen LogP) is 4.18. The summed E-state index contributed by atoms with van der Waals surface area (Å²) in [6, 6.07) is 7.88. The standard InChI is InChI=1S/C23H34N2O6Si/c1-32(2,3)15-14-30-16-25-21(26)12-13-24(23(25)29)18-6-10-20(11-7-18)31-19-8-4-17(5-9-19)22(27)28/h6-7,10-11,17,19H,4-5,8-9,12-16H2,1-3H3,(H,27,28). The van der Waals surface area contributed by atoms with Crippen molar-refractivity contribution in [3.05, 3.63) is 24.3 Å². The average Bonchev–Trinajstić information content (AvgIpc) is 2.73. The van der Waals surface area contributed by atoms with Crippen molar-refractivity contribution >= 4 is 31.7 Å². The molecule has 1 aliphatic heterocycles. The Bertz CT molecular complexity index is 815. The number of benzene rings is 1. The zero-order valence-electron chi connectivity index (χ0n) is 19.2. The normalized spacial score (nSPS) is 22.2. The van der Waals surface area contributed by atoms with Gasteiger partial charge in [-0.3, -0.25) is 14.5 Å². The molecule has 0 aromatic heterocycles. The molecular weight excluding hydrogens is 428 g/mol. The van der Waals surface area contributed by atoms with E-state index in [2.05, 4.69) is 19.6 Å². The molecule has 0 unspecified atom stereocenters. The number of hydrogen-bond donors (Lipinski definition) is 1. The molecule has 8 nitrogen and oxygen atoms in total. The van der Waals surface area contributed by atoms with Crippen molar-refractivity contribution in [2.24, 2.45) is 5.92 Å². The van der Waals surface area contributed by atoms with Gasteiger partial charge in [-0.25, -0.2) is 9.69 Å². The minimum atomic E-state index is -1.24. The van der Waals surface area contributed by atoms with E-state index < -0.39 is 14.0 Å². The molecule has 3 amide bonds. The van der Waals surface area contributed by atoms with Gasteiger partial charge in [0.25, 0.3) is 0 Å². The molecule has 1 aromatic carbocycles. The van der Waals surface area contributed by atoms with E-state index in [9.17, 15) is 14.4 Å². The van der Waals surface area contributed by atoms with Crippen LogP contribution in [0.3, 0.4) is 0 Å². The van der Waals surface area contributed by atoms with Gasteiger partial charge in [-0.05, 0) is 56.0 Å². The first-order valence-corrected chi connectivity index (χ1v) is 15.0. The Kier molecular flexibility index (Phi) is 7.94. The van der Waals surface area contributed by atoms with Gasteiger partial charge in [-0.15, -0.1) is 0 Å². The lowest BCUT2D eigenvalue weighted by Crippen LogP contribution is -2.53. The van der Waals surface area contributed by atoms with Gasteiger partial charge in [-0.2, -0.15) is 0 Å². The fourth-order valence-electron chi connectivity index (χ4n) is 3.92. The third-order valence-corrected chi connectivity index (χ3v) is 7.71. The number of carbonyl (C=O) groups is 3. The molecule has 1 heterocycles. The number of hydrogen-bond acceptors (Lipinski definition) is 5. The zero-order chi connectivity index (χ0) is 23.3. The number of carboxylic acid groups (broad SMARTS) is 1. The van der Waals surface area contributed by atoms with Gasteiger partial charge in [0.1, 0.15) is 12.5 Å². The predicted molar refractivity (Wildman–Crippen MR) is 124 cm³/mol. The van der Waals surface area contributed by atoms with Crippen LogP contribution in [0.2, 0.25) is 25.7 Å². The van der Waals surface area contributed by atoms with Crippen molar-refractivity contribution in [2.75, 3.05) is 24.8 Å². The maximum absolute atomic E-state index is 12.9. The summed E-state index contributed by atoms with van der Waals surface area (Å²) in [5, 5.41) is 9.11. The van der Waals surface area contributed by atoms with Crippen LogP contribution in [0.5, 0.6) is 5.75 Å². The third kappa shape index (κ3) is 6.55. The van der Waals surface area contributed by atoms with Gasteiger partial charge >= 0.3 is 12.0 Å². The Labute approximate surface area is 190 Å². The molecule has 2 fully saturated rings. The van der Waals surface area contributed by atoms with Crippen LogP contribution in [0.4, 0.5) is 10.5 Å². The van der Waals surface area contributed by atoms with E-state index in [0.717, 1.165) is 18.9 Å². The van der Waals surface area contributed by atoms with Crippen LogP contribution in [0.15, 0.2) is 24.3 Å². The van der Waals surface area contributed by atoms with Crippen molar-refractivity contribution in [1.82, 2.24) is 4.90 Å². The largest absolute Gasteiger partial charge is 0.490 e. The van der Waals surface area contributed by atoms with Gasteiger partial charge in [0.2, 0.25) is 5.91 Å². The molecule has 1 saturated carbocycles. The van der Waals surface area contributed by atoms with E-state index in [1.165, 1.54) is 4.90 Å². The molecule has 0 radical (unpaired) electrons. The third-order valence-electron chi connectivity index (χ3n) is 6.00. The molecule has 0 atom stereocenters. The highest BCUT2D eigenvalue weighted by Crippen LogP contribution is 2.29. The van der Waals surface area contributed by atoms with E-state index in [1.807, 2.05) is 24.3 Å². The van der Waals surface area contributed by atoms with Gasteiger partial charge in [-0.1, -0.05) is 19.6 Å². The van der Waals surface area contributed by atoms with Gasteiger partial charge in [0.05, 0.1) is 12.0 Å². The van der Waals surface area contributed by atoms with E-state index in [4.69, 9.17) is 14.6 Å².